The Bertz CT molecular complexity index is 845. The number of thioether (sulfide) groups is 1. The van der Waals surface area contributed by atoms with Gasteiger partial charge in [-0.3, -0.25) is 9.36 Å². The molecule has 1 saturated carbocycles. The fourth-order valence-electron chi connectivity index (χ4n) is 3.74. The fraction of sp³-hybridized carbons (Fsp3) is 0.522. The van der Waals surface area contributed by atoms with Gasteiger partial charge in [0.05, 0.1) is 12.9 Å². The van der Waals surface area contributed by atoms with Crippen LogP contribution in [-0.2, 0) is 11.3 Å². The summed E-state index contributed by atoms with van der Waals surface area (Å²) in [6.07, 6.45) is 8.57. The van der Waals surface area contributed by atoms with Crippen molar-refractivity contribution in [3.05, 3.63) is 42.7 Å². The Hall–Kier alpha value is -2.48. The molecule has 1 aromatic carbocycles. The normalized spacial score (nSPS) is 15.7. The third-order valence-electron chi connectivity index (χ3n) is 5.35. The van der Waals surface area contributed by atoms with Crippen molar-refractivity contribution in [2.45, 2.75) is 69.3 Å². The molecule has 2 aromatic rings. The molecule has 1 aliphatic carbocycles. The molecule has 0 saturated heterocycles. The van der Waals surface area contributed by atoms with Crippen LogP contribution in [0.25, 0.3) is 0 Å². The number of nitrogens with one attached hydrogen (secondary N) is 1. The molecular formula is C23H32N4O3S. The highest BCUT2D eigenvalue weighted by Crippen LogP contribution is 2.26. The molecule has 1 N–H and O–H groups in total. The SMILES string of the molecule is C=CCn1c(SCC(=O)NC2CCCCCC2)nnc1C(C)Oc1ccc(OC)cc1. The minimum absolute atomic E-state index is 0.0501. The van der Waals surface area contributed by atoms with E-state index in [0.29, 0.717) is 29.3 Å². The number of hydrogen-bond donors (Lipinski definition) is 1. The van der Waals surface area contributed by atoms with Crippen molar-refractivity contribution >= 4 is 17.7 Å². The Kier molecular flexibility index (Phi) is 8.82. The van der Waals surface area contributed by atoms with Gasteiger partial charge in [0, 0.05) is 12.6 Å². The van der Waals surface area contributed by atoms with E-state index in [2.05, 4.69) is 22.1 Å². The van der Waals surface area contributed by atoms with E-state index in [1.165, 1.54) is 37.4 Å². The lowest BCUT2D eigenvalue weighted by Gasteiger charge is -2.17. The van der Waals surface area contributed by atoms with Gasteiger partial charge in [0.2, 0.25) is 5.91 Å². The Morgan fingerprint density at radius 3 is 2.55 bits per heavy atom. The molecule has 168 valence electrons. The maximum absolute atomic E-state index is 12.5. The minimum atomic E-state index is -0.310. The summed E-state index contributed by atoms with van der Waals surface area (Å²) in [5.74, 6) is 2.56. The third kappa shape index (κ3) is 6.75. The van der Waals surface area contributed by atoms with Gasteiger partial charge in [-0.05, 0) is 44.0 Å². The maximum atomic E-state index is 12.5. The number of hydrogen-bond acceptors (Lipinski definition) is 6. The van der Waals surface area contributed by atoms with Gasteiger partial charge >= 0.3 is 0 Å². The van der Waals surface area contributed by atoms with Crippen LogP contribution in [0.5, 0.6) is 11.5 Å². The monoisotopic (exact) mass is 444 g/mol. The number of nitrogens with zero attached hydrogens (tertiary/aromatic N) is 3. The first-order chi connectivity index (χ1) is 15.1. The minimum Gasteiger partial charge on any atom is -0.497 e. The largest absolute Gasteiger partial charge is 0.497 e. The molecule has 1 aromatic heterocycles. The molecular weight excluding hydrogens is 412 g/mol. The summed E-state index contributed by atoms with van der Waals surface area (Å²) in [5.41, 5.74) is 0. The lowest BCUT2D eigenvalue weighted by atomic mass is 10.1. The fourth-order valence-corrected chi connectivity index (χ4v) is 4.51. The van der Waals surface area contributed by atoms with E-state index in [0.717, 1.165) is 24.3 Å². The van der Waals surface area contributed by atoms with E-state index in [-0.39, 0.29) is 12.0 Å². The Labute approximate surface area is 188 Å². The summed E-state index contributed by atoms with van der Waals surface area (Å²) < 4.78 is 13.2. The zero-order valence-corrected chi connectivity index (χ0v) is 19.2. The predicted molar refractivity (Wildman–Crippen MR) is 123 cm³/mol. The zero-order chi connectivity index (χ0) is 22.1. The molecule has 0 aliphatic heterocycles. The average Bonchev–Trinajstić information content (AvgIpc) is 2.99. The summed E-state index contributed by atoms with van der Waals surface area (Å²) in [6, 6.07) is 7.72. The zero-order valence-electron chi connectivity index (χ0n) is 18.4. The summed E-state index contributed by atoms with van der Waals surface area (Å²) >= 11 is 1.40. The number of amides is 1. The maximum Gasteiger partial charge on any atom is 0.230 e. The van der Waals surface area contributed by atoms with Crippen LogP contribution >= 0.6 is 11.8 Å². The highest BCUT2D eigenvalue weighted by atomic mass is 32.2. The van der Waals surface area contributed by atoms with E-state index in [4.69, 9.17) is 9.47 Å². The van der Waals surface area contributed by atoms with Crippen molar-refractivity contribution in [3.63, 3.8) is 0 Å². The molecule has 1 aliphatic rings. The van der Waals surface area contributed by atoms with Crippen molar-refractivity contribution in [2.24, 2.45) is 0 Å². The van der Waals surface area contributed by atoms with Gasteiger partial charge in [-0.1, -0.05) is 43.5 Å². The van der Waals surface area contributed by atoms with Gasteiger partial charge < -0.3 is 14.8 Å². The highest BCUT2D eigenvalue weighted by Gasteiger charge is 2.21. The molecule has 3 rings (SSSR count). The smallest absolute Gasteiger partial charge is 0.230 e. The Balaban J connectivity index is 1.60. The van der Waals surface area contributed by atoms with Crippen LogP contribution in [0, 0.1) is 0 Å². The van der Waals surface area contributed by atoms with Gasteiger partial charge in [-0.15, -0.1) is 16.8 Å². The number of carbonyl (C=O) groups is 1. The van der Waals surface area contributed by atoms with Crippen LogP contribution in [0.4, 0.5) is 0 Å². The average molecular weight is 445 g/mol. The second-order valence-electron chi connectivity index (χ2n) is 7.72. The van der Waals surface area contributed by atoms with Crippen molar-refractivity contribution in [1.82, 2.24) is 20.1 Å². The molecule has 0 bridgehead atoms. The molecule has 1 unspecified atom stereocenters. The van der Waals surface area contributed by atoms with Crippen LogP contribution in [-0.4, -0.2) is 39.6 Å². The van der Waals surface area contributed by atoms with Gasteiger partial charge in [0.15, 0.2) is 17.1 Å². The second-order valence-corrected chi connectivity index (χ2v) is 8.66. The van der Waals surface area contributed by atoms with Crippen LogP contribution in [0.1, 0.15) is 57.4 Å². The summed E-state index contributed by atoms with van der Waals surface area (Å²) in [6.45, 7) is 6.32. The molecule has 1 fully saturated rings. The number of allylic oxidation sites excluding steroid dienone is 1. The highest BCUT2D eigenvalue weighted by molar-refractivity contribution is 7.99. The number of carbonyl (C=O) groups excluding carboxylic acids is 1. The van der Waals surface area contributed by atoms with Gasteiger partial charge in [0.25, 0.3) is 0 Å². The van der Waals surface area contributed by atoms with Crippen LogP contribution in [0.15, 0.2) is 42.1 Å². The van der Waals surface area contributed by atoms with Gasteiger partial charge in [-0.2, -0.15) is 0 Å². The van der Waals surface area contributed by atoms with Crippen LogP contribution in [0.3, 0.4) is 0 Å². The number of ether oxygens (including phenoxy) is 2. The number of rotatable bonds is 10. The number of methoxy groups -OCH3 is 1. The topological polar surface area (TPSA) is 78.3 Å². The molecule has 0 radical (unpaired) electrons. The van der Waals surface area contributed by atoms with Gasteiger partial charge in [0.1, 0.15) is 11.5 Å². The molecule has 8 heteroatoms. The lowest BCUT2D eigenvalue weighted by Crippen LogP contribution is -2.35. The molecule has 1 atom stereocenters. The van der Waals surface area contributed by atoms with E-state index in [9.17, 15) is 4.79 Å². The molecule has 1 heterocycles. The predicted octanol–water partition coefficient (Wildman–Crippen LogP) is 4.54. The van der Waals surface area contributed by atoms with Crippen molar-refractivity contribution in [1.29, 1.82) is 0 Å². The first kappa shape index (κ1) is 23.2. The Morgan fingerprint density at radius 2 is 1.90 bits per heavy atom. The van der Waals surface area contributed by atoms with E-state index in [1.54, 1.807) is 13.2 Å². The number of benzene rings is 1. The van der Waals surface area contributed by atoms with E-state index >= 15 is 0 Å². The Morgan fingerprint density at radius 1 is 1.23 bits per heavy atom. The van der Waals surface area contributed by atoms with Crippen molar-refractivity contribution in [3.8, 4) is 11.5 Å². The summed E-state index contributed by atoms with van der Waals surface area (Å²) in [4.78, 5) is 12.5. The molecule has 0 spiro atoms. The molecule has 7 nitrogen and oxygen atoms in total. The summed E-state index contributed by atoms with van der Waals surface area (Å²) in [5, 5.41) is 12.5. The summed E-state index contributed by atoms with van der Waals surface area (Å²) in [7, 11) is 1.63. The first-order valence-electron chi connectivity index (χ1n) is 10.9. The van der Waals surface area contributed by atoms with E-state index < -0.39 is 0 Å². The standard InChI is InChI=1S/C23H32N4O3S/c1-4-15-27-22(17(2)30-20-13-11-19(29-3)12-14-20)25-26-23(27)31-16-21(28)24-18-9-7-5-6-8-10-18/h4,11-14,17-18H,1,5-10,15-16H2,2-3H3,(H,24,28). The third-order valence-corrected chi connectivity index (χ3v) is 6.31. The quantitative estimate of drug-likeness (QED) is 0.329. The molecule has 31 heavy (non-hydrogen) atoms. The van der Waals surface area contributed by atoms with E-state index in [1.807, 2.05) is 35.8 Å². The van der Waals surface area contributed by atoms with Gasteiger partial charge in [-0.25, -0.2) is 0 Å². The lowest BCUT2D eigenvalue weighted by molar-refractivity contribution is -0.119. The second kappa shape index (κ2) is 11.8. The van der Waals surface area contributed by atoms with Crippen molar-refractivity contribution in [2.75, 3.05) is 12.9 Å². The first-order valence-corrected chi connectivity index (χ1v) is 11.9. The molecule has 1 amide bonds. The van der Waals surface area contributed by atoms with Crippen LogP contribution < -0.4 is 14.8 Å². The van der Waals surface area contributed by atoms with Crippen molar-refractivity contribution < 1.29 is 14.3 Å². The number of aromatic nitrogens is 3. The van der Waals surface area contributed by atoms with Crippen LogP contribution in [0.2, 0.25) is 0 Å².